The Bertz CT molecular complexity index is 610. The Labute approximate surface area is 125 Å². The van der Waals surface area contributed by atoms with Crippen LogP contribution in [0.4, 0.5) is 5.69 Å². The zero-order valence-electron chi connectivity index (χ0n) is 12.3. The highest BCUT2D eigenvalue weighted by Gasteiger charge is 2.10. The maximum absolute atomic E-state index is 6.04. The van der Waals surface area contributed by atoms with Crippen molar-refractivity contribution < 1.29 is 4.74 Å². The zero-order valence-corrected chi connectivity index (χ0v) is 13.1. The fraction of sp³-hybridized carbons (Fsp3) is 0.294. The van der Waals surface area contributed by atoms with Crippen molar-refractivity contribution in [2.75, 3.05) is 12.4 Å². The molecule has 0 spiro atoms. The normalized spacial score (nSPS) is 12.1. The average molecular weight is 290 g/mol. The van der Waals surface area contributed by atoms with Crippen LogP contribution in [0.5, 0.6) is 5.75 Å². The van der Waals surface area contributed by atoms with Gasteiger partial charge in [0.25, 0.3) is 0 Å². The second-order valence-corrected chi connectivity index (χ2v) is 5.48. The lowest BCUT2D eigenvalue weighted by molar-refractivity contribution is 0.415. The van der Waals surface area contributed by atoms with Crippen LogP contribution in [0.25, 0.3) is 0 Å². The van der Waals surface area contributed by atoms with Gasteiger partial charge in [-0.3, -0.25) is 0 Å². The molecule has 0 bridgehead atoms. The first kappa shape index (κ1) is 14.7. The van der Waals surface area contributed by atoms with E-state index in [1.165, 1.54) is 16.7 Å². The lowest BCUT2D eigenvalue weighted by Crippen LogP contribution is -2.08. The van der Waals surface area contributed by atoms with Gasteiger partial charge < -0.3 is 10.1 Å². The number of halogens is 1. The quantitative estimate of drug-likeness (QED) is 0.841. The van der Waals surface area contributed by atoms with Crippen LogP contribution in [0.15, 0.2) is 36.4 Å². The van der Waals surface area contributed by atoms with Gasteiger partial charge in [0.05, 0.1) is 12.1 Å². The van der Waals surface area contributed by atoms with Gasteiger partial charge >= 0.3 is 0 Å². The van der Waals surface area contributed by atoms with Gasteiger partial charge in [-0.2, -0.15) is 0 Å². The lowest BCUT2D eigenvalue weighted by Gasteiger charge is -2.19. The molecule has 2 nitrogen and oxygen atoms in total. The molecule has 0 aliphatic rings. The highest BCUT2D eigenvalue weighted by atomic mass is 35.5. The van der Waals surface area contributed by atoms with Crippen molar-refractivity contribution >= 4 is 17.3 Å². The van der Waals surface area contributed by atoms with E-state index < -0.39 is 0 Å². The SMILES string of the molecule is COc1cc(NC(C)c2cc(C)ccc2C)ccc1Cl. The number of ether oxygens (including phenoxy) is 1. The first-order valence-electron chi connectivity index (χ1n) is 6.68. The Kier molecular flexibility index (Phi) is 4.56. The fourth-order valence-electron chi connectivity index (χ4n) is 2.30. The Morgan fingerprint density at radius 2 is 1.85 bits per heavy atom. The van der Waals surface area contributed by atoms with Crippen LogP contribution in [0, 0.1) is 13.8 Å². The molecule has 0 aliphatic carbocycles. The minimum absolute atomic E-state index is 0.223. The molecule has 1 N–H and O–H groups in total. The first-order chi connectivity index (χ1) is 9.51. The third-order valence-corrected chi connectivity index (χ3v) is 3.75. The Morgan fingerprint density at radius 3 is 2.55 bits per heavy atom. The lowest BCUT2D eigenvalue weighted by atomic mass is 10.00. The molecule has 1 unspecified atom stereocenters. The maximum atomic E-state index is 6.04. The molecule has 3 heteroatoms. The number of nitrogens with one attached hydrogen (secondary N) is 1. The molecule has 0 amide bonds. The highest BCUT2D eigenvalue weighted by Crippen LogP contribution is 2.30. The molecule has 20 heavy (non-hydrogen) atoms. The van der Waals surface area contributed by atoms with E-state index in [-0.39, 0.29) is 6.04 Å². The molecular weight excluding hydrogens is 270 g/mol. The molecule has 0 heterocycles. The third kappa shape index (κ3) is 3.26. The third-order valence-electron chi connectivity index (χ3n) is 3.44. The van der Waals surface area contributed by atoms with Crippen molar-refractivity contribution in [3.05, 3.63) is 58.1 Å². The summed E-state index contributed by atoms with van der Waals surface area (Å²) in [7, 11) is 1.62. The van der Waals surface area contributed by atoms with Crippen molar-refractivity contribution in [1.29, 1.82) is 0 Å². The minimum Gasteiger partial charge on any atom is -0.495 e. The molecule has 106 valence electrons. The smallest absolute Gasteiger partial charge is 0.139 e. The molecule has 0 fully saturated rings. The van der Waals surface area contributed by atoms with Gasteiger partial charge in [-0.05, 0) is 44.0 Å². The van der Waals surface area contributed by atoms with Gasteiger partial charge in [-0.1, -0.05) is 35.4 Å². The predicted molar refractivity (Wildman–Crippen MR) is 86.0 cm³/mol. The summed E-state index contributed by atoms with van der Waals surface area (Å²) in [5.74, 6) is 0.685. The monoisotopic (exact) mass is 289 g/mol. The van der Waals surface area contributed by atoms with Crippen molar-refractivity contribution in [2.24, 2.45) is 0 Å². The summed E-state index contributed by atoms with van der Waals surface area (Å²) >= 11 is 6.04. The van der Waals surface area contributed by atoms with Crippen molar-refractivity contribution in [3.63, 3.8) is 0 Å². The summed E-state index contributed by atoms with van der Waals surface area (Å²) in [5, 5.41) is 4.11. The molecule has 0 aromatic heterocycles. The standard InChI is InChI=1S/C17H20ClNO/c1-11-5-6-12(2)15(9-11)13(3)19-14-7-8-16(18)17(10-14)20-4/h5-10,13,19H,1-4H3. The van der Waals surface area contributed by atoms with E-state index in [4.69, 9.17) is 16.3 Å². The number of hydrogen-bond donors (Lipinski definition) is 1. The van der Waals surface area contributed by atoms with Crippen LogP contribution in [-0.2, 0) is 0 Å². The van der Waals surface area contributed by atoms with E-state index in [9.17, 15) is 0 Å². The number of aryl methyl sites for hydroxylation is 2. The summed E-state index contributed by atoms with van der Waals surface area (Å²) in [5.41, 5.74) is 4.86. The maximum Gasteiger partial charge on any atom is 0.139 e. The van der Waals surface area contributed by atoms with E-state index in [0.717, 1.165) is 5.69 Å². The van der Waals surface area contributed by atoms with Crippen LogP contribution in [0.3, 0.4) is 0 Å². The van der Waals surface area contributed by atoms with Crippen molar-refractivity contribution in [1.82, 2.24) is 0 Å². The van der Waals surface area contributed by atoms with E-state index in [2.05, 4.69) is 44.3 Å². The minimum atomic E-state index is 0.223. The van der Waals surface area contributed by atoms with E-state index in [1.54, 1.807) is 7.11 Å². The van der Waals surface area contributed by atoms with Crippen LogP contribution >= 0.6 is 11.6 Å². The second kappa shape index (κ2) is 6.19. The highest BCUT2D eigenvalue weighted by molar-refractivity contribution is 6.32. The second-order valence-electron chi connectivity index (χ2n) is 5.08. The summed E-state index contributed by atoms with van der Waals surface area (Å²) in [6.45, 7) is 6.40. The molecule has 2 aromatic rings. The van der Waals surface area contributed by atoms with Gasteiger partial charge in [0.2, 0.25) is 0 Å². The molecule has 0 saturated heterocycles. The number of rotatable bonds is 4. The number of anilines is 1. The Hall–Kier alpha value is -1.67. The fourth-order valence-corrected chi connectivity index (χ4v) is 2.50. The summed E-state index contributed by atoms with van der Waals surface area (Å²) in [6.07, 6.45) is 0. The van der Waals surface area contributed by atoms with Crippen LogP contribution < -0.4 is 10.1 Å². The van der Waals surface area contributed by atoms with Crippen LogP contribution in [0.2, 0.25) is 5.02 Å². The molecule has 2 aromatic carbocycles. The number of methoxy groups -OCH3 is 1. The topological polar surface area (TPSA) is 21.3 Å². The summed E-state index contributed by atoms with van der Waals surface area (Å²) < 4.78 is 5.24. The van der Waals surface area contributed by atoms with Crippen molar-refractivity contribution in [2.45, 2.75) is 26.8 Å². The molecule has 2 rings (SSSR count). The largest absolute Gasteiger partial charge is 0.495 e. The van der Waals surface area contributed by atoms with Crippen molar-refractivity contribution in [3.8, 4) is 5.75 Å². The first-order valence-corrected chi connectivity index (χ1v) is 7.06. The van der Waals surface area contributed by atoms with Gasteiger partial charge in [-0.15, -0.1) is 0 Å². The van der Waals surface area contributed by atoms with E-state index in [1.807, 2.05) is 18.2 Å². The van der Waals surface area contributed by atoms with Crippen LogP contribution in [-0.4, -0.2) is 7.11 Å². The number of benzene rings is 2. The van der Waals surface area contributed by atoms with Gasteiger partial charge in [-0.25, -0.2) is 0 Å². The predicted octanol–water partition coefficient (Wildman–Crippen LogP) is 5.14. The molecule has 1 atom stereocenters. The van der Waals surface area contributed by atoms with E-state index >= 15 is 0 Å². The summed E-state index contributed by atoms with van der Waals surface area (Å²) in [6, 6.07) is 12.5. The Balaban J connectivity index is 2.23. The molecule has 0 aliphatic heterocycles. The van der Waals surface area contributed by atoms with Gasteiger partial charge in [0.15, 0.2) is 0 Å². The zero-order chi connectivity index (χ0) is 14.7. The molecule has 0 saturated carbocycles. The van der Waals surface area contributed by atoms with E-state index in [0.29, 0.717) is 10.8 Å². The van der Waals surface area contributed by atoms with Gasteiger partial charge in [0, 0.05) is 17.8 Å². The molecular formula is C17H20ClNO. The van der Waals surface area contributed by atoms with Crippen LogP contribution in [0.1, 0.15) is 29.7 Å². The van der Waals surface area contributed by atoms with Gasteiger partial charge in [0.1, 0.15) is 5.75 Å². The molecule has 0 radical (unpaired) electrons. The Morgan fingerprint density at radius 1 is 1.10 bits per heavy atom. The number of hydrogen-bond acceptors (Lipinski definition) is 2. The summed E-state index contributed by atoms with van der Waals surface area (Å²) in [4.78, 5) is 0. The average Bonchev–Trinajstić information content (AvgIpc) is 2.43.